The van der Waals surface area contributed by atoms with Crippen LogP contribution in [-0.2, 0) is 26.4 Å². The maximum atomic E-state index is 12.4. The van der Waals surface area contributed by atoms with E-state index in [1.807, 2.05) is 0 Å². The Bertz CT molecular complexity index is 941. The van der Waals surface area contributed by atoms with E-state index in [0.29, 0.717) is 10.6 Å². The first-order valence-corrected chi connectivity index (χ1v) is 10.5. The number of benzene rings is 2. The zero-order valence-electron chi connectivity index (χ0n) is 12.0. The quantitative estimate of drug-likeness (QED) is 0.846. The lowest BCUT2D eigenvalue weighted by Crippen LogP contribution is -2.23. The highest BCUT2D eigenvalue weighted by Crippen LogP contribution is 2.25. The van der Waals surface area contributed by atoms with Crippen molar-refractivity contribution in [2.75, 3.05) is 6.26 Å². The minimum Gasteiger partial charge on any atom is -0.224 e. The third-order valence-electron chi connectivity index (χ3n) is 2.98. The zero-order valence-corrected chi connectivity index (χ0v) is 15.1. The molecule has 124 valence electrons. The molecule has 0 aliphatic rings. The van der Waals surface area contributed by atoms with Crippen molar-refractivity contribution in [2.45, 2.75) is 16.3 Å². The van der Waals surface area contributed by atoms with Crippen LogP contribution >= 0.6 is 23.2 Å². The summed E-state index contributed by atoms with van der Waals surface area (Å²) >= 11 is 11.7. The molecule has 0 fully saturated rings. The third kappa shape index (κ3) is 4.68. The molecule has 0 saturated heterocycles. The molecule has 0 bridgehead atoms. The standard InChI is InChI=1S/C14H13Cl2NO4S2/c1-22(18,19)12-5-6-13(16)14(8-12)23(20,21)17-9-10-3-2-4-11(15)7-10/h2-8,17H,9H2,1H3. The second-order valence-corrected chi connectivity index (χ2v) is 9.41. The Labute approximate surface area is 145 Å². The van der Waals surface area contributed by atoms with Crippen molar-refractivity contribution in [3.8, 4) is 0 Å². The Hall–Kier alpha value is -1.12. The fraction of sp³-hybridized carbons (Fsp3) is 0.143. The highest BCUT2D eigenvalue weighted by Gasteiger charge is 2.20. The summed E-state index contributed by atoms with van der Waals surface area (Å²) in [5.74, 6) is 0. The molecule has 0 amide bonds. The van der Waals surface area contributed by atoms with E-state index in [1.165, 1.54) is 12.1 Å². The van der Waals surface area contributed by atoms with Crippen molar-refractivity contribution in [3.05, 3.63) is 58.1 Å². The first-order chi connectivity index (χ1) is 10.6. The van der Waals surface area contributed by atoms with Crippen LogP contribution in [0.2, 0.25) is 10.0 Å². The molecule has 0 heterocycles. The largest absolute Gasteiger partial charge is 0.242 e. The van der Waals surface area contributed by atoms with E-state index in [4.69, 9.17) is 23.2 Å². The summed E-state index contributed by atoms with van der Waals surface area (Å²) in [4.78, 5) is -0.408. The van der Waals surface area contributed by atoms with Gasteiger partial charge in [0.15, 0.2) is 9.84 Å². The summed E-state index contributed by atoms with van der Waals surface area (Å²) in [5, 5.41) is 0.426. The predicted molar refractivity (Wildman–Crippen MR) is 90.0 cm³/mol. The van der Waals surface area contributed by atoms with Crippen LogP contribution in [0, 0.1) is 0 Å². The number of sulfonamides is 1. The normalized spacial score (nSPS) is 12.3. The molecule has 0 radical (unpaired) electrons. The van der Waals surface area contributed by atoms with Gasteiger partial charge in [-0.05, 0) is 35.9 Å². The van der Waals surface area contributed by atoms with Crippen molar-refractivity contribution in [2.24, 2.45) is 0 Å². The minimum absolute atomic E-state index is 0.00231. The average molecular weight is 394 g/mol. The molecule has 0 unspecified atom stereocenters. The van der Waals surface area contributed by atoms with Crippen molar-refractivity contribution in [1.29, 1.82) is 0 Å². The van der Waals surface area contributed by atoms with Gasteiger partial charge in [-0.2, -0.15) is 0 Å². The lowest BCUT2D eigenvalue weighted by Gasteiger charge is -2.10. The topological polar surface area (TPSA) is 80.3 Å². The van der Waals surface area contributed by atoms with E-state index in [-0.39, 0.29) is 21.4 Å². The lowest BCUT2D eigenvalue weighted by molar-refractivity contribution is 0.581. The minimum atomic E-state index is -3.97. The van der Waals surface area contributed by atoms with Crippen LogP contribution in [0.25, 0.3) is 0 Å². The second-order valence-electron chi connectivity index (χ2n) is 4.82. The van der Waals surface area contributed by atoms with Crippen LogP contribution in [0.3, 0.4) is 0 Å². The molecule has 0 aliphatic heterocycles. The molecule has 9 heteroatoms. The molecule has 23 heavy (non-hydrogen) atoms. The van der Waals surface area contributed by atoms with Gasteiger partial charge in [0.05, 0.1) is 9.92 Å². The highest BCUT2D eigenvalue weighted by molar-refractivity contribution is 7.91. The van der Waals surface area contributed by atoms with E-state index >= 15 is 0 Å². The van der Waals surface area contributed by atoms with Gasteiger partial charge in [0, 0.05) is 17.8 Å². The second kappa shape index (κ2) is 6.78. The fourth-order valence-corrected chi connectivity index (χ4v) is 4.30. The summed E-state index contributed by atoms with van der Waals surface area (Å²) in [6, 6.07) is 10.2. The van der Waals surface area contributed by atoms with Crippen molar-refractivity contribution < 1.29 is 16.8 Å². The maximum Gasteiger partial charge on any atom is 0.242 e. The lowest BCUT2D eigenvalue weighted by atomic mass is 10.2. The van der Waals surface area contributed by atoms with Gasteiger partial charge in [-0.1, -0.05) is 35.3 Å². The van der Waals surface area contributed by atoms with Crippen LogP contribution in [0.15, 0.2) is 52.3 Å². The molecule has 0 spiro atoms. The summed E-state index contributed by atoms with van der Waals surface area (Å²) in [6.45, 7) is 0.00231. The number of hydrogen-bond acceptors (Lipinski definition) is 4. The number of halogens is 2. The van der Waals surface area contributed by atoms with Crippen molar-refractivity contribution in [1.82, 2.24) is 4.72 Å². The predicted octanol–water partition coefficient (Wildman–Crippen LogP) is 2.88. The van der Waals surface area contributed by atoms with Crippen LogP contribution in [0.4, 0.5) is 0 Å². The molecular formula is C14H13Cl2NO4S2. The molecule has 1 N–H and O–H groups in total. The van der Waals surface area contributed by atoms with Crippen LogP contribution in [-0.4, -0.2) is 23.1 Å². The van der Waals surface area contributed by atoms with E-state index < -0.39 is 19.9 Å². The molecule has 2 aromatic carbocycles. The Morgan fingerprint density at radius 1 is 1.00 bits per heavy atom. The maximum absolute atomic E-state index is 12.4. The number of sulfone groups is 1. The van der Waals surface area contributed by atoms with Gasteiger partial charge >= 0.3 is 0 Å². The van der Waals surface area contributed by atoms with Gasteiger partial charge in [0.2, 0.25) is 10.0 Å². The Morgan fingerprint density at radius 3 is 2.30 bits per heavy atom. The van der Waals surface area contributed by atoms with E-state index in [0.717, 1.165) is 12.3 Å². The van der Waals surface area contributed by atoms with Crippen LogP contribution < -0.4 is 4.72 Å². The van der Waals surface area contributed by atoms with E-state index in [9.17, 15) is 16.8 Å². The molecular weight excluding hydrogens is 381 g/mol. The van der Waals surface area contributed by atoms with Crippen molar-refractivity contribution in [3.63, 3.8) is 0 Å². The van der Waals surface area contributed by atoms with E-state index in [2.05, 4.69) is 4.72 Å². The summed E-state index contributed by atoms with van der Waals surface area (Å²) in [7, 11) is -7.52. The first-order valence-electron chi connectivity index (χ1n) is 6.33. The molecule has 0 atom stereocenters. The Kier molecular flexibility index (Phi) is 5.37. The van der Waals surface area contributed by atoms with E-state index in [1.54, 1.807) is 24.3 Å². The number of rotatable bonds is 5. The first kappa shape index (κ1) is 18.2. The average Bonchev–Trinajstić information content (AvgIpc) is 2.44. The molecule has 0 aliphatic carbocycles. The SMILES string of the molecule is CS(=O)(=O)c1ccc(Cl)c(S(=O)(=O)NCc2cccc(Cl)c2)c1. The van der Waals surface area contributed by atoms with Crippen molar-refractivity contribution >= 4 is 43.1 Å². The Morgan fingerprint density at radius 2 is 1.70 bits per heavy atom. The zero-order chi connectivity index (χ0) is 17.3. The molecule has 0 saturated carbocycles. The van der Waals surface area contributed by atoms with Crippen LogP contribution in [0.1, 0.15) is 5.56 Å². The molecule has 5 nitrogen and oxygen atoms in total. The van der Waals surface area contributed by atoms with Crippen LogP contribution in [0.5, 0.6) is 0 Å². The van der Waals surface area contributed by atoms with Gasteiger partial charge in [-0.3, -0.25) is 0 Å². The van der Waals surface area contributed by atoms with Gasteiger partial charge in [-0.15, -0.1) is 0 Å². The Balaban J connectivity index is 2.32. The smallest absolute Gasteiger partial charge is 0.224 e. The summed E-state index contributed by atoms with van der Waals surface area (Å²) in [6.07, 6.45) is 0.992. The number of nitrogens with one attached hydrogen (secondary N) is 1. The molecule has 0 aromatic heterocycles. The monoisotopic (exact) mass is 393 g/mol. The highest BCUT2D eigenvalue weighted by atomic mass is 35.5. The van der Waals surface area contributed by atoms with Gasteiger partial charge in [0.1, 0.15) is 4.90 Å². The fourth-order valence-electron chi connectivity index (χ4n) is 1.82. The van der Waals surface area contributed by atoms with Gasteiger partial charge in [-0.25, -0.2) is 21.6 Å². The summed E-state index contributed by atoms with van der Waals surface area (Å²) < 4.78 is 50.2. The number of hydrogen-bond donors (Lipinski definition) is 1. The molecule has 2 aromatic rings. The third-order valence-corrected chi connectivity index (χ3v) is 6.20. The van der Waals surface area contributed by atoms with Gasteiger partial charge < -0.3 is 0 Å². The molecule has 2 rings (SSSR count). The van der Waals surface area contributed by atoms with Gasteiger partial charge in [0.25, 0.3) is 0 Å². The summed E-state index contributed by atoms with van der Waals surface area (Å²) in [5.41, 5.74) is 0.663.